The highest BCUT2D eigenvalue weighted by Crippen LogP contribution is 2.30. The Bertz CT molecular complexity index is 1380. The molecule has 0 aliphatic carbocycles. The number of alkyl halides is 1. The summed E-state index contributed by atoms with van der Waals surface area (Å²) >= 11 is 4.66. The van der Waals surface area contributed by atoms with Crippen LogP contribution >= 0.6 is 27.3 Å². The highest BCUT2D eigenvalue weighted by atomic mass is 79.9. The number of rotatable bonds is 7. The van der Waals surface area contributed by atoms with Gasteiger partial charge in [0.15, 0.2) is 4.80 Å². The summed E-state index contributed by atoms with van der Waals surface area (Å²) in [5.74, 6) is 0.275. The van der Waals surface area contributed by atoms with Crippen LogP contribution in [0.2, 0.25) is 0 Å². The van der Waals surface area contributed by atoms with E-state index in [1.165, 1.54) is 11.3 Å². The Labute approximate surface area is 203 Å². The number of esters is 1. The smallest absolute Gasteiger partial charge is 0.338 e. The molecule has 0 unspecified atom stereocenters. The zero-order valence-electron chi connectivity index (χ0n) is 18.3. The Kier molecular flexibility index (Phi) is 7.25. The van der Waals surface area contributed by atoms with Crippen molar-refractivity contribution in [3.8, 4) is 5.75 Å². The maximum atomic E-state index is 13.6. The summed E-state index contributed by atoms with van der Waals surface area (Å²) in [6, 6.07) is 16.5. The number of nitrogens with zero attached hydrogens (tertiary/aromatic N) is 2. The molecule has 6 nitrogen and oxygen atoms in total. The van der Waals surface area contributed by atoms with Gasteiger partial charge in [-0.1, -0.05) is 69.7 Å². The molecule has 1 aromatic heterocycles. The van der Waals surface area contributed by atoms with Gasteiger partial charge in [0.2, 0.25) is 0 Å². The van der Waals surface area contributed by atoms with Crippen LogP contribution in [0.5, 0.6) is 5.75 Å². The third-order valence-corrected chi connectivity index (χ3v) is 6.44. The third-order valence-electron chi connectivity index (χ3n) is 5.13. The van der Waals surface area contributed by atoms with E-state index >= 15 is 0 Å². The molecule has 33 heavy (non-hydrogen) atoms. The third kappa shape index (κ3) is 4.86. The number of carbonyl (C=O) groups excluding carboxylic acids is 1. The van der Waals surface area contributed by atoms with E-state index in [0.717, 1.165) is 22.2 Å². The molecule has 0 radical (unpaired) electrons. The lowest BCUT2D eigenvalue weighted by molar-refractivity contribution is -0.139. The number of allylic oxidation sites excluding steroid dienone is 1. The molecule has 1 aliphatic heterocycles. The monoisotopic (exact) mass is 526 g/mol. The number of benzene rings is 2. The second kappa shape index (κ2) is 10.3. The largest absolute Gasteiger partial charge is 0.493 e. The molecule has 0 saturated carbocycles. The molecular formula is C25H23BrN2O4S. The molecule has 0 amide bonds. The summed E-state index contributed by atoms with van der Waals surface area (Å²) in [4.78, 5) is 31.6. The summed E-state index contributed by atoms with van der Waals surface area (Å²) in [6.45, 7) is 4.34. The first kappa shape index (κ1) is 23.2. The number of aromatic nitrogens is 1. The van der Waals surface area contributed by atoms with Crippen molar-refractivity contribution >= 4 is 39.3 Å². The molecule has 8 heteroatoms. The van der Waals surface area contributed by atoms with E-state index in [1.54, 1.807) is 18.4 Å². The van der Waals surface area contributed by atoms with Gasteiger partial charge in [-0.3, -0.25) is 9.36 Å². The van der Waals surface area contributed by atoms with Crippen molar-refractivity contribution in [1.82, 2.24) is 4.57 Å². The number of hydrogen-bond acceptors (Lipinski definition) is 6. The predicted molar refractivity (Wildman–Crippen MR) is 133 cm³/mol. The van der Waals surface area contributed by atoms with Gasteiger partial charge in [0.05, 0.1) is 35.1 Å². The maximum Gasteiger partial charge on any atom is 0.338 e. The van der Waals surface area contributed by atoms with E-state index in [4.69, 9.17) is 9.47 Å². The Balaban J connectivity index is 1.87. The predicted octanol–water partition coefficient (Wildman–Crippen LogP) is 3.57. The van der Waals surface area contributed by atoms with Crippen LogP contribution in [0.3, 0.4) is 0 Å². The first-order chi connectivity index (χ1) is 16.0. The molecule has 0 N–H and O–H groups in total. The zero-order valence-corrected chi connectivity index (χ0v) is 20.7. The number of thiazole rings is 1. The first-order valence-corrected chi connectivity index (χ1v) is 12.5. The first-order valence-electron chi connectivity index (χ1n) is 10.6. The summed E-state index contributed by atoms with van der Waals surface area (Å²) in [5, 5.41) is 0.734. The minimum Gasteiger partial charge on any atom is -0.493 e. The van der Waals surface area contributed by atoms with E-state index in [0.29, 0.717) is 27.2 Å². The Morgan fingerprint density at radius 3 is 2.73 bits per heavy atom. The average molecular weight is 527 g/mol. The number of halogens is 1. The Morgan fingerprint density at radius 1 is 1.21 bits per heavy atom. The standard InChI is InChI=1S/C25H23BrN2O4S/c1-3-31-24(30)21-16(2)27-25-28(22(21)18-9-5-4-6-10-18)23(29)20(33-25)15-17-8-7-11-19(14-17)32-13-12-26/h4-11,14-15,22H,3,12-13H2,1-2H3/b20-15-/t22-/m0/s1. The minimum absolute atomic E-state index is 0.200. The fourth-order valence-corrected chi connectivity index (χ4v) is 4.95. The van der Waals surface area contributed by atoms with Gasteiger partial charge >= 0.3 is 5.97 Å². The number of carbonyl (C=O) groups is 1. The van der Waals surface area contributed by atoms with Crippen molar-refractivity contribution in [2.24, 2.45) is 4.99 Å². The van der Waals surface area contributed by atoms with Crippen LogP contribution in [0.25, 0.3) is 6.08 Å². The van der Waals surface area contributed by atoms with Crippen molar-refractivity contribution in [1.29, 1.82) is 0 Å². The molecule has 2 aromatic carbocycles. The second-order valence-electron chi connectivity index (χ2n) is 7.32. The van der Waals surface area contributed by atoms with Gasteiger partial charge in [-0.05, 0) is 43.2 Å². The Morgan fingerprint density at radius 2 is 2.00 bits per heavy atom. The zero-order chi connectivity index (χ0) is 23.4. The van der Waals surface area contributed by atoms with E-state index in [9.17, 15) is 9.59 Å². The molecule has 3 aromatic rings. The number of hydrogen-bond donors (Lipinski definition) is 0. The Hall–Kier alpha value is -2.97. The fourth-order valence-electron chi connectivity index (χ4n) is 3.74. The van der Waals surface area contributed by atoms with Crippen molar-refractivity contribution < 1.29 is 14.3 Å². The molecule has 2 heterocycles. The molecule has 170 valence electrons. The summed E-state index contributed by atoms with van der Waals surface area (Å²) in [5.41, 5.74) is 2.42. The van der Waals surface area contributed by atoms with Crippen LogP contribution in [-0.2, 0) is 9.53 Å². The SMILES string of the molecule is CCOC(=O)C1=C(C)N=c2s/c(=C\c3cccc(OCCBr)c3)c(=O)n2[C@H]1c1ccccc1. The van der Waals surface area contributed by atoms with Gasteiger partial charge in [-0.15, -0.1) is 0 Å². The van der Waals surface area contributed by atoms with Crippen molar-refractivity contribution in [3.05, 3.63) is 96.7 Å². The second-order valence-corrected chi connectivity index (χ2v) is 9.12. The van der Waals surface area contributed by atoms with Crippen LogP contribution in [-0.4, -0.2) is 29.1 Å². The molecule has 1 atom stereocenters. The van der Waals surface area contributed by atoms with Crippen molar-refractivity contribution in [3.63, 3.8) is 0 Å². The van der Waals surface area contributed by atoms with Gasteiger partial charge < -0.3 is 9.47 Å². The summed E-state index contributed by atoms with van der Waals surface area (Å²) in [7, 11) is 0. The van der Waals surface area contributed by atoms with Crippen LogP contribution in [0.4, 0.5) is 0 Å². The van der Waals surface area contributed by atoms with Crippen LogP contribution in [0, 0.1) is 0 Å². The molecule has 0 spiro atoms. The van der Waals surface area contributed by atoms with E-state index in [2.05, 4.69) is 20.9 Å². The normalized spacial score (nSPS) is 15.7. The van der Waals surface area contributed by atoms with Crippen LogP contribution in [0.1, 0.15) is 31.0 Å². The van der Waals surface area contributed by atoms with Crippen molar-refractivity contribution in [2.45, 2.75) is 19.9 Å². The number of ether oxygens (including phenoxy) is 2. The van der Waals surface area contributed by atoms with Gasteiger partial charge in [0.1, 0.15) is 5.75 Å². The lowest BCUT2D eigenvalue weighted by Crippen LogP contribution is -2.39. The highest BCUT2D eigenvalue weighted by molar-refractivity contribution is 9.09. The highest BCUT2D eigenvalue weighted by Gasteiger charge is 2.33. The molecule has 0 saturated heterocycles. The summed E-state index contributed by atoms with van der Waals surface area (Å²) < 4.78 is 13.1. The molecule has 1 aliphatic rings. The summed E-state index contributed by atoms with van der Waals surface area (Å²) in [6.07, 6.45) is 1.83. The van der Waals surface area contributed by atoms with Gasteiger partial charge in [0.25, 0.3) is 5.56 Å². The minimum atomic E-state index is -0.600. The molecular weight excluding hydrogens is 504 g/mol. The lowest BCUT2D eigenvalue weighted by atomic mass is 9.96. The van der Waals surface area contributed by atoms with Gasteiger partial charge in [-0.25, -0.2) is 9.79 Å². The topological polar surface area (TPSA) is 69.9 Å². The van der Waals surface area contributed by atoms with Crippen LogP contribution < -0.4 is 19.6 Å². The molecule has 0 fully saturated rings. The maximum absolute atomic E-state index is 13.6. The molecule has 4 rings (SSSR count). The molecule has 0 bridgehead atoms. The van der Waals surface area contributed by atoms with E-state index in [1.807, 2.05) is 60.7 Å². The lowest BCUT2D eigenvalue weighted by Gasteiger charge is -2.24. The average Bonchev–Trinajstić information content (AvgIpc) is 3.12. The number of fused-ring (bicyclic) bond motifs is 1. The van der Waals surface area contributed by atoms with Crippen LogP contribution in [0.15, 0.2) is 75.7 Å². The van der Waals surface area contributed by atoms with Crippen molar-refractivity contribution in [2.75, 3.05) is 18.5 Å². The van der Waals surface area contributed by atoms with E-state index < -0.39 is 12.0 Å². The fraction of sp³-hybridized carbons (Fsp3) is 0.240. The van der Waals surface area contributed by atoms with Gasteiger partial charge in [0, 0.05) is 5.33 Å². The van der Waals surface area contributed by atoms with Gasteiger partial charge in [-0.2, -0.15) is 0 Å². The quantitative estimate of drug-likeness (QED) is 0.348. The van der Waals surface area contributed by atoms with E-state index in [-0.39, 0.29) is 12.2 Å².